The Bertz CT molecular complexity index is 873. The van der Waals surface area contributed by atoms with Crippen molar-refractivity contribution in [2.24, 2.45) is 0 Å². The molecule has 2 aromatic heterocycles. The number of rotatable bonds is 6. The van der Waals surface area contributed by atoms with Crippen molar-refractivity contribution >= 4 is 17.8 Å². The van der Waals surface area contributed by atoms with Crippen LogP contribution in [-0.4, -0.2) is 25.5 Å². The maximum absolute atomic E-state index is 12.0. The van der Waals surface area contributed by atoms with Gasteiger partial charge in [-0.05, 0) is 25.5 Å². The van der Waals surface area contributed by atoms with Crippen molar-refractivity contribution in [3.05, 3.63) is 71.7 Å². The van der Waals surface area contributed by atoms with Gasteiger partial charge in [0.25, 0.3) is 0 Å². The van der Waals surface area contributed by atoms with Crippen molar-refractivity contribution in [3.63, 3.8) is 0 Å². The zero-order valence-electron chi connectivity index (χ0n) is 14.4. The van der Waals surface area contributed by atoms with Crippen molar-refractivity contribution in [1.29, 1.82) is 0 Å². The standard InChI is InChI=1S/C19H21N5O/c1-3-23-14-17(12-20-23)8-9-19(25)21-18-10-11-24(22-18)13-16-6-4-15(2)5-7-16/h4-12,14H,3,13H2,1-2H3,(H,21,22,25)/b9-8+. The van der Waals surface area contributed by atoms with Crippen LogP contribution in [0.25, 0.3) is 6.08 Å². The molecule has 3 rings (SSSR count). The predicted octanol–water partition coefficient (Wildman–Crippen LogP) is 3.11. The minimum atomic E-state index is -0.218. The minimum absolute atomic E-state index is 0.218. The lowest BCUT2D eigenvalue weighted by Crippen LogP contribution is -2.09. The van der Waals surface area contributed by atoms with Crippen molar-refractivity contribution in [3.8, 4) is 0 Å². The first-order valence-corrected chi connectivity index (χ1v) is 8.23. The summed E-state index contributed by atoms with van der Waals surface area (Å²) in [5.74, 6) is 0.316. The molecule has 0 aliphatic heterocycles. The molecule has 0 bridgehead atoms. The highest BCUT2D eigenvalue weighted by Gasteiger charge is 2.03. The molecule has 0 unspecified atom stereocenters. The number of hydrogen-bond donors (Lipinski definition) is 1. The Hall–Kier alpha value is -3.15. The fraction of sp³-hybridized carbons (Fsp3) is 0.211. The first-order valence-electron chi connectivity index (χ1n) is 8.23. The number of aromatic nitrogens is 4. The Balaban J connectivity index is 1.56. The third-order valence-corrected chi connectivity index (χ3v) is 3.76. The van der Waals surface area contributed by atoms with E-state index in [0.717, 1.165) is 12.1 Å². The number of aryl methyl sites for hydroxylation is 2. The zero-order chi connectivity index (χ0) is 17.6. The minimum Gasteiger partial charge on any atom is -0.306 e. The van der Waals surface area contributed by atoms with Crippen LogP contribution in [0.3, 0.4) is 0 Å². The molecule has 0 fully saturated rings. The van der Waals surface area contributed by atoms with E-state index in [0.29, 0.717) is 12.4 Å². The molecule has 2 heterocycles. The largest absolute Gasteiger partial charge is 0.306 e. The van der Waals surface area contributed by atoms with E-state index < -0.39 is 0 Å². The normalized spacial score (nSPS) is 11.1. The predicted molar refractivity (Wildman–Crippen MR) is 98.1 cm³/mol. The van der Waals surface area contributed by atoms with Crippen LogP contribution >= 0.6 is 0 Å². The third kappa shape index (κ3) is 4.67. The van der Waals surface area contributed by atoms with Crippen LogP contribution in [0.2, 0.25) is 0 Å². The molecule has 25 heavy (non-hydrogen) atoms. The fourth-order valence-corrected chi connectivity index (χ4v) is 2.38. The Labute approximate surface area is 146 Å². The second kappa shape index (κ2) is 7.61. The average Bonchev–Trinajstić information content (AvgIpc) is 3.24. The number of anilines is 1. The Morgan fingerprint density at radius 3 is 2.72 bits per heavy atom. The van der Waals surface area contributed by atoms with Gasteiger partial charge in [0.2, 0.25) is 5.91 Å². The van der Waals surface area contributed by atoms with E-state index in [9.17, 15) is 4.79 Å². The molecule has 6 nitrogen and oxygen atoms in total. The van der Waals surface area contributed by atoms with Gasteiger partial charge in [-0.2, -0.15) is 10.2 Å². The van der Waals surface area contributed by atoms with Gasteiger partial charge in [0.1, 0.15) is 0 Å². The number of nitrogens with zero attached hydrogens (tertiary/aromatic N) is 4. The van der Waals surface area contributed by atoms with Crippen molar-refractivity contribution in [2.75, 3.05) is 5.32 Å². The van der Waals surface area contributed by atoms with E-state index in [1.54, 1.807) is 23.0 Å². The van der Waals surface area contributed by atoms with E-state index >= 15 is 0 Å². The Morgan fingerprint density at radius 1 is 1.20 bits per heavy atom. The van der Waals surface area contributed by atoms with E-state index in [1.165, 1.54) is 17.2 Å². The summed E-state index contributed by atoms with van der Waals surface area (Å²) in [6, 6.07) is 10.1. The molecular weight excluding hydrogens is 314 g/mol. The molecule has 0 spiro atoms. The number of carbonyl (C=O) groups is 1. The third-order valence-electron chi connectivity index (χ3n) is 3.76. The molecule has 0 aliphatic rings. The lowest BCUT2D eigenvalue weighted by molar-refractivity contribution is -0.111. The molecule has 0 saturated carbocycles. The lowest BCUT2D eigenvalue weighted by atomic mass is 10.1. The summed E-state index contributed by atoms with van der Waals surface area (Å²) in [7, 11) is 0. The number of benzene rings is 1. The molecule has 128 valence electrons. The van der Waals surface area contributed by atoms with Crippen molar-refractivity contribution in [1.82, 2.24) is 19.6 Å². The van der Waals surface area contributed by atoms with Crippen molar-refractivity contribution in [2.45, 2.75) is 26.9 Å². The fourth-order valence-electron chi connectivity index (χ4n) is 2.38. The van der Waals surface area contributed by atoms with Gasteiger partial charge in [-0.1, -0.05) is 29.8 Å². The molecule has 0 radical (unpaired) electrons. The van der Waals surface area contributed by atoms with E-state index in [1.807, 2.05) is 24.0 Å². The van der Waals surface area contributed by atoms with Gasteiger partial charge < -0.3 is 5.32 Å². The topological polar surface area (TPSA) is 64.7 Å². The molecular formula is C19H21N5O. The number of hydrogen-bond acceptors (Lipinski definition) is 3. The van der Waals surface area contributed by atoms with Crippen LogP contribution in [-0.2, 0) is 17.9 Å². The van der Waals surface area contributed by atoms with Gasteiger partial charge >= 0.3 is 0 Å². The molecule has 1 aromatic carbocycles. The van der Waals surface area contributed by atoms with Crippen LogP contribution in [0.4, 0.5) is 5.82 Å². The second-order valence-electron chi connectivity index (χ2n) is 5.84. The molecule has 0 atom stereocenters. The maximum atomic E-state index is 12.0. The van der Waals surface area contributed by atoms with Crippen LogP contribution in [0.5, 0.6) is 0 Å². The van der Waals surface area contributed by atoms with Gasteiger partial charge in [-0.15, -0.1) is 0 Å². The van der Waals surface area contributed by atoms with Gasteiger partial charge in [0.05, 0.1) is 12.7 Å². The van der Waals surface area contributed by atoms with Crippen LogP contribution in [0.15, 0.2) is 55.0 Å². The maximum Gasteiger partial charge on any atom is 0.249 e. The van der Waals surface area contributed by atoms with E-state index in [4.69, 9.17) is 0 Å². The highest BCUT2D eigenvalue weighted by Crippen LogP contribution is 2.08. The molecule has 0 saturated heterocycles. The van der Waals surface area contributed by atoms with E-state index in [-0.39, 0.29) is 5.91 Å². The van der Waals surface area contributed by atoms with Crippen LogP contribution < -0.4 is 5.32 Å². The molecule has 1 N–H and O–H groups in total. The number of carbonyl (C=O) groups excluding carboxylic acids is 1. The highest BCUT2D eigenvalue weighted by atomic mass is 16.1. The number of nitrogens with one attached hydrogen (secondary N) is 1. The summed E-state index contributed by atoms with van der Waals surface area (Å²) in [6.07, 6.45) is 8.68. The highest BCUT2D eigenvalue weighted by molar-refractivity contribution is 6.01. The lowest BCUT2D eigenvalue weighted by Gasteiger charge is -2.02. The quantitative estimate of drug-likeness (QED) is 0.704. The number of amides is 1. The Morgan fingerprint density at radius 2 is 2.00 bits per heavy atom. The smallest absolute Gasteiger partial charge is 0.249 e. The molecule has 0 aliphatic carbocycles. The summed E-state index contributed by atoms with van der Waals surface area (Å²) in [5, 5.41) is 11.3. The summed E-state index contributed by atoms with van der Waals surface area (Å²) in [4.78, 5) is 12.0. The van der Waals surface area contributed by atoms with Gasteiger partial charge in [0.15, 0.2) is 5.82 Å². The zero-order valence-corrected chi connectivity index (χ0v) is 14.4. The van der Waals surface area contributed by atoms with Crippen LogP contribution in [0, 0.1) is 6.92 Å². The Kier molecular flexibility index (Phi) is 5.09. The first-order chi connectivity index (χ1) is 12.1. The molecule has 3 aromatic rings. The van der Waals surface area contributed by atoms with Crippen LogP contribution in [0.1, 0.15) is 23.6 Å². The monoisotopic (exact) mass is 335 g/mol. The second-order valence-corrected chi connectivity index (χ2v) is 5.84. The van der Waals surface area contributed by atoms with Gasteiger partial charge in [-0.3, -0.25) is 14.2 Å². The molecule has 6 heteroatoms. The average molecular weight is 335 g/mol. The van der Waals surface area contributed by atoms with Gasteiger partial charge in [0, 0.05) is 36.6 Å². The molecule has 1 amide bonds. The first kappa shape index (κ1) is 16.7. The SMILES string of the molecule is CCn1cc(/C=C/C(=O)Nc2ccn(Cc3ccc(C)cc3)n2)cn1. The summed E-state index contributed by atoms with van der Waals surface area (Å²) >= 11 is 0. The van der Waals surface area contributed by atoms with E-state index in [2.05, 4.69) is 46.7 Å². The summed E-state index contributed by atoms with van der Waals surface area (Å²) in [5.41, 5.74) is 3.29. The summed E-state index contributed by atoms with van der Waals surface area (Å²) < 4.78 is 3.61. The summed E-state index contributed by atoms with van der Waals surface area (Å²) in [6.45, 7) is 5.55. The van der Waals surface area contributed by atoms with Gasteiger partial charge in [-0.25, -0.2) is 0 Å². The van der Waals surface area contributed by atoms with Crippen molar-refractivity contribution < 1.29 is 4.79 Å².